The number of carbonyl (C=O) groups is 1. The van der Waals surface area contributed by atoms with Crippen LogP contribution in [0.25, 0.3) is 0 Å². The number of nitrogens with one attached hydrogen (secondary N) is 1. The molecule has 0 aliphatic heterocycles. The maximum absolute atomic E-state index is 12.5. The number of rotatable bonds is 6. The summed E-state index contributed by atoms with van der Waals surface area (Å²) in [5, 5.41) is 0. The van der Waals surface area contributed by atoms with Crippen molar-refractivity contribution in [3.8, 4) is 0 Å². The van der Waals surface area contributed by atoms with Crippen LogP contribution >= 0.6 is 0 Å². The molecular formula is C17H25NO3S. The van der Waals surface area contributed by atoms with Gasteiger partial charge < -0.3 is 4.74 Å². The van der Waals surface area contributed by atoms with Crippen LogP contribution in [0.3, 0.4) is 0 Å². The van der Waals surface area contributed by atoms with Gasteiger partial charge in [-0.15, -0.1) is 0 Å². The highest BCUT2D eigenvalue weighted by Crippen LogP contribution is 2.25. The van der Waals surface area contributed by atoms with E-state index >= 15 is 0 Å². The van der Waals surface area contributed by atoms with Crippen LogP contribution in [0.5, 0.6) is 0 Å². The lowest BCUT2D eigenvalue weighted by atomic mass is 9.99. The molecule has 0 aliphatic carbocycles. The highest BCUT2D eigenvalue weighted by atomic mass is 32.2. The quantitative estimate of drug-likeness (QED) is 0.645. The van der Waals surface area contributed by atoms with E-state index in [0.717, 1.165) is 5.56 Å². The van der Waals surface area contributed by atoms with Gasteiger partial charge in [0.25, 0.3) is 0 Å². The Bertz CT molecular complexity index is 547. The summed E-state index contributed by atoms with van der Waals surface area (Å²) in [5.74, 6) is -0.391. The van der Waals surface area contributed by atoms with Crippen LogP contribution in [-0.4, -0.2) is 21.5 Å². The van der Waals surface area contributed by atoms with E-state index in [1.54, 1.807) is 19.9 Å². The van der Waals surface area contributed by atoms with Crippen molar-refractivity contribution in [3.05, 3.63) is 47.5 Å². The van der Waals surface area contributed by atoms with Gasteiger partial charge in [-0.05, 0) is 40.2 Å². The van der Waals surface area contributed by atoms with E-state index < -0.39 is 27.7 Å². The highest BCUT2D eigenvalue weighted by molar-refractivity contribution is 7.84. The van der Waals surface area contributed by atoms with Crippen LogP contribution in [0, 0.1) is 0 Å². The molecule has 1 N–H and O–H groups in total. The third kappa shape index (κ3) is 5.07. The Morgan fingerprint density at radius 2 is 1.91 bits per heavy atom. The highest BCUT2D eigenvalue weighted by Gasteiger charge is 2.28. The molecule has 0 heterocycles. The Balaban J connectivity index is 3.17. The van der Waals surface area contributed by atoms with Gasteiger partial charge in [-0.25, -0.2) is 13.7 Å². The predicted molar refractivity (Wildman–Crippen MR) is 90.6 cm³/mol. The molecule has 0 spiro atoms. The zero-order valence-corrected chi connectivity index (χ0v) is 14.7. The molecule has 0 fully saturated rings. The van der Waals surface area contributed by atoms with Crippen molar-refractivity contribution in [1.82, 2.24) is 4.72 Å². The molecule has 0 aromatic heterocycles. The van der Waals surface area contributed by atoms with E-state index in [-0.39, 0.29) is 0 Å². The van der Waals surface area contributed by atoms with Crippen molar-refractivity contribution < 1.29 is 13.7 Å². The normalized spacial score (nSPS) is 15.2. The largest absolute Gasteiger partial charge is 0.463 e. The molecule has 5 heteroatoms. The molecule has 2 atom stereocenters. The fourth-order valence-electron chi connectivity index (χ4n) is 1.86. The van der Waals surface area contributed by atoms with Gasteiger partial charge in [0.05, 0.1) is 34.0 Å². The van der Waals surface area contributed by atoms with Crippen molar-refractivity contribution in [1.29, 1.82) is 0 Å². The zero-order valence-electron chi connectivity index (χ0n) is 13.9. The standard InChI is InChI=1S/C17H25NO3S/c1-6-14(16(19)21-7-2)15(13-11-9-8-10-12-13)18-22(20)17(3,4)5/h6,8-12,15,18H,7H2,1-5H3/b14-6-/t15-,22?/m0/s1. The van der Waals surface area contributed by atoms with Gasteiger partial charge in [0, 0.05) is 0 Å². The lowest BCUT2D eigenvalue weighted by Crippen LogP contribution is -2.37. The SMILES string of the molecule is C/C=C(\C(=O)OCC)[C@@H](NS(=O)C(C)(C)C)c1ccccc1. The van der Waals surface area contributed by atoms with Gasteiger partial charge in [0.2, 0.25) is 0 Å². The third-order valence-electron chi connectivity index (χ3n) is 3.05. The Hall–Kier alpha value is -1.46. The lowest BCUT2D eigenvalue weighted by molar-refractivity contribution is -0.138. The molecular weight excluding hydrogens is 298 g/mol. The van der Waals surface area contributed by atoms with Gasteiger partial charge in [-0.3, -0.25) is 0 Å². The Kier molecular flexibility index (Phi) is 6.97. The minimum absolute atomic E-state index is 0.306. The molecule has 0 aliphatic rings. The molecule has 1 aromatic rings. The Morgan fingerprint density at radius 3 is 2.36 bits per heavy atom. The van der Waals surface area contributed by atoms with Gasteiger partial charge in [-0.2, -0.15) is 0 Å². The molecule has 22 heavy (non-hydrogen) atoms. The summed E-state index contributed by atoms with van der Waals surface area (Å²) in [6.07, 6.45) is 1.71. The first-order chi connectivity index (χ1) is 10.3. The van der Waals surface area contributed by atoms with Crippen LogP contribution in [0.15, 0.2) is 42.0 Å². The fourth-order valence-corrected chi connectivity index (χ4v) is 2.69. The Morgan fingerprint density at radius 1 is 1.32 bits per heavy atom. The van der Waals surface area contributed by atoms with Crippen LogP contribution in [0.4, 0.5) is 0 Å². The third-order valence-corrected chi connectivity index (χ3v) is 4.61. The molecule has 0 saturated carbocycles. The fraction of sp³-hybridized carbons (Fsp3) is 0.471. The van der Waals surface area contributed by atoms with Crippen LogP contribution in [0.1, 0.15) is 46.2 Å². The van der Waals surface area contributed by atoms with Gasteiger partial charge in [0.1, 0.15) is 0 Å². The van der Waals surface area contributed by atoms with Crippen molar-refractivity contribution in [2.45, 2.75) is 45.4 Å². The molecule has 122 valence electrons. The monoisotopic (exact) mass is 323 g/mol. The van der Waals surface area contributed by atoms with Crippen molar-refractivity contribution in [2.75, 3.05) is 6.61 Å². The van der Waals surface area contributed by atoms with E-state index in [4.69, 9.17) is 4.74 Å². The van der Waals surface area contributed by atoms with Gasteiger partial charge in [0.15, 0.2) is 0 Å². The topological polar surface area (TPSA) is 55.4 Å². The van der Waals surface area contributed by atoms with Gasteiger partial charge >= 0.3 is 5.97 Å². The second-order valence-corrected chi connectivity index (χ2v) is 7.81. The maximum atomic E-state index is 12.5. The minimum Gasteiger partial charge on any atom is -0.463 e. The average Bonchev–Trinajstić information content (AvgIpc) is 2.47. The summed E-state index contributed by atoms with van der Waals surface area (Å²) in [6, 6.07) is 9.03. The summed E-state index contributed by atoms with van der Waals surface area (Å²) in [4.78, 5) is 12.2. The number of carbonyl (C=O) groups excluding carboxylic acids is 1. The van der Waals surface area contributed by atoms with E-state index in [1.807, 2.05) is 51.1 Å². The number of hydrogen-bond donors (Lipinski definition) is 1. The van der Waals surface area contributed by atoms with E-state index in [9.17, 15) is 9.00 Å². The zero-order chi connectivity index (χ0) is 16.8. The predicted octanol–water partition coefficient (Wildman–Crippen LogP) is 3.29. The van der Waals surface area contributed by atoms with E-state index in [1.165, 1.54) is 0 Å². The van der Waals surface area contributed by atoms with Crippen LogP contribution in [-0.2, 0) is 20.5 Å². The maximum Gasteiger partial charge on any atom is 0.335 e. The first-order valence-electron chi connectivity index (χ1n) is 7.37. The molecule has 1 rings (SSSR count). The molecule has 4 nitrogen and oxygen atoms in total. The average molecular weight is 323 g/mol. The molecule has 0 saturated heterocycles. The second kappa shape index (κ2) is 8.25. The van der Waals surface area contributed by atoms with Crippen molar-refractivity contribution in [3.63, 3.8) is 0 Å². The number of hydrogen-bond acceptors (Lipinski definition) is 3. The summed E-state index contributed by atoms with van der Waals surface area (Å²) in [6.45, 7) is 9.51. The molecule has 0 bridgehead atoms. The number of benzene rings is 1. The van der Waals surface area contributed by atoms with Crippen molar-refractivity contribution in [2.24, 2.45) is 0 Å². The summed E-state index contributed by atoms with van der Waals surface area (Å²) in [5.41, 5.74) is 1.34. The van der Waals surface area contributed by atoms with Crippen LogP contribution in [0.2, 0.25) is 0 Å². The summed E-state index contributed by atoms with van der Waals surface area (Å²) in [7, 11) is -1.31. The number of allylic oxidation sites excluding steroid dienone is 1. The first-order valence-corrected chi connectivity index (χ1v) is 8.52. The number of esters is 1. The Labute approximate surface area is 135 Å². The first kappa shape index (κ1) is 18.6. The van der Waals surface area contributed by atoms with Crippen LogP contribution < -0.4 is 4.72 Å². The second-order valence-electron chi connectivity index (χ2n) is 5.81. The smallest absolute Gasteiger partial charge is 0.335 e. The summed E-state index contributed by atoms with van der Waals surface area (Å²) < 4.78 is 20.2. The van der Waals surface area contributed by atoms with Gasteiger partial charge in [-0.1, -0.05) is 36.4 Å². The lowest BCUT2D eigenvalue weighted by Gasteiger charge is -2.25. The van der Waals surface area contributed by atoms with E-state index in [2.05, 4.69) is 4.72 Å². The molecule has 0 amide bonds. The minimum atomic E-state index is -1.31. The van der Waals surface area contributed by atoms with Crippen molar-refractivity contribution >= 4 is 17.0 Å². The molecule has 0 radical (unpaired) electrons. The molecule has 1 unspecified atom stereocenters. The molecule has 1 aromatic carbocycles. The summed E-state index contributed by atoms with van der Waals surface area (Å²) >= 11 is 0. The number of ether oxygens (including phenoxy) is 1. The van der Waals surface area contributed by atoms with E-state index in [0.29, 0.717) is 12.2 Å².